The molecule has 2 amide bonds. The van der Waals surface area contributed by atoms with E-state index in [1.165, 1.54) is 23.1 Å². The van der Waals surface area contributed by atoms with E-state index in [1.807, 2.05) is 51.1 Å². The van der Waals surface area contributed by atoms with Gasteiger partial charge in [-0.2, -0.15) is 5.10 Å². The van der Waals surface area contributed by atoms with Gasteiger partial charge in [-0.25, -0.2) is 9.07 Å². The van der Waals surface area contributed by atoms with E-state index in [0.29, 0.717) is 12.4 Å². The summed E-state index contributed by atoms with van der Waals surface area (Å²) in [6, 6.07) is 15.2. The van der Waals surface area contributed by atoms with Crippen molar-refractivity contribution < 1.29 is 14.0 Å². The minimum Gasteiger partial charge on any atom is -0.329 e. The minimum atomic E-state index is -0.489. The molecule has 1 N–H and O–H groups in total. The molecule has 1 heterocycles. The summed E-state index contributed by atoms with van der Waals surface area (Å²) in [5, 5.41) is 7.71. The Labute approximate surface area is 200 Å². The highest BCUT2D eigenvalue weighted by atomic mass is 19.1. The highest BCUT2D eigenvalue weighted by Gasteiger charge is 2.24. The Morgan fingerprint density at radius 2 is 1.79 bits per heavy atom. The van der Waals surface area contributed by atoms with Crippen molar-refractivity contribution in [2.24, 2.45) is 5.92 Å². The van der Waals surface area contributed by atoms with Gasteiger partial charge >= 0.3 is 0 Å². The minimum absolute atomic E-state index is 0.135. The summed E-state index contributed by atoms with van der Waals surface area (Å²) in [6.07, 6.45) is 0. The molecular weight excluding hydrogens is 431 g/mol. The fraction of sp³-hybridized carbons (Fsp3) is 0.370. The zero-order valence-electron chi connectivity index (χ0n) is 20.7. The molecule has 0 aliphatic heterocycles. The summed E-state index contributed by atoms with van der Waals surface area (Å²) in [6.45, 7) is 12.3. The zero-order chi connectivity index (χ0) is 25.0. The number of hydrogen-bond donors (Lipinski definition) is 1. The second-order valence-corrected chi connectivity index (χ2v) is 10.0. The third kappa shape index (κ3) is 6.10. The van der Waals surface area contributed by atoms with Gasteiger partial charge in [-0.15, -0.1) is 0 Å². The van der Waals surface area contributed by atoms with Crippen LogP contribution in [0.5, 0.6) is 0 Å². The summed E-state index contributed by atoms with van der Waals surface area (Å²) < 4.78 is 15.4. The fourth-order valence-electron chi connectivity index (χ4n) is 3.64. The SMILES string of the molecule is Cc1ccccc1-n1nc(C(C)(C)C)cc1NC(=O)CN(CC(C)C)C(=O)c1cccc(F)c1. The number of hydrogen-bond acceptors (Lipinski definition) is 3. The first-order chi connectivity index (χ1) is 16.0. The van der Waals surface area contributed by atoms with Gasteiger partial charge in [-0.05, 0) is 42.7 Å². The molecule has 3 rings (SSSR count). The number of carbonyl (C=O) groups is 2. The third-order valence-electron chi connectivity index (χ3n) is 5.37. The summed E-state index contributed by atoms with van der Waals surface area (Å²) in [7, 11) is 0. The summed E-state index contributed by atoms with van der Waals surface area (Å²) in [4.78, 5) is 27.6. The predicted molar refractivity (Wildman–Crippen MR) is 133 cm³/mol. The quantitative estimate of drug-likeness (QED) is 0.512. The Morgan fingerprint density at radius 3 is 2.41 bits per heavy atom. The second-order valence-electron chi connectivity index (χ2n) is 10.0. The molecule has 0 aliphatic rings. The molecule has 0 atom stereocenters. The highest BCUT2D eigenvalue weighted by molar-refractivity contribution is 5.99. The van der Waals surface area contributed by atoms with Gasteiger partial charge in [-0.1, -0.05) is 58.9 Å². The van der Waals surface area contributed by atoms with E-state index in [4.69, 9.17) is 5.10 Å². The third-order valence-corrected chi connectivity index (χ3v) is 5.37. The van der Waals surface area contributed by atoms with Crippen molar-refractivity contribution in [1.82, 2.24) is 14.7 Å². The first kappa shape index (κ1) is 25.1. The van der Waals surface area contributed by atoms with Gasteiger partial charge in [0.05, 0.1) is 11.4 Å². The first-order valence-corrected chi connectivity index (χ1v) is 11.5. The van der Waals surface area contributed by atoms with Crippen LogP contribution in [-0.4, -0.2) is 39.6 Å². The number of aryl methyl sites for hydroxylation is 1. The van der Waals surface area contributed by atoms with Crippen LogP contribution in [0.4, 0.5) is 10.2 Å². The van der Waals surface area contributed by atoms with E-state index >= 15 is 0 Å². The smallest absolute Gasteiger partial charge is 0.254 e. The summed E-state index contributed by atoms with van der Waals surface area (Å²) in [5.41, 5.74) is 2.71. The molecule has 1 aromatic heterocycles. The van der Waals surface area contributed by atoms with Crippen LogP contribution in [0, 0.1) is 18.7 Å². The Bertz CT molecular complexity index is 1180. The molecule has 0 saturated heterocycles. The van der Waals surface area contributed by atoms with Crippen molar-refractivity contribution in [3.05, 3.63) is 77.2 Å². The number of benzene rings is 2. The van der Waals surface area contributed by atoms with Gasteiger partial charge in [0.2, 0.25) is 5.91 Å². The van der Waals surface area contributed by atoms with E-state index < -0.39 is 5.82 Å². The van der Waals surface area contributed by atoms with E-state index in [0.717, 1.165) is 16.9 Å². The normalized spacial score (nSPS) is 11.5. The van der Waals surface area contributed by atoms with Crippen LogP contribution in [0.25, 0.3) is 5.69 Å². The van der Waals surface area contributed by atoms with Crippen LogP contribution in [0.15, 0.2) is 54.6 Å². The molecule has 7 heteroatoms. The van der Waals surface area contributed by atoms with Crippen LogP contribution >= 0.6 is 0 Å². The van der Waals surface area contributed by atoms with Gasteiger partial charge < -0.3 is 10.2 Å². The van der Waals surface area contributed by atoms with Crippen LogP contribution in [0.3, 0.4) is 0 Å². The number of nitrogens with one attached hydrogen (secondary N) is 1. The average molecular weight is 465 g/mol. The van der Waals surface area contributed by atoms with E-state index in [1.54, 1.807) is 10.7 Å². The van der Waals surface area contributed by atoms with Gasteiger partial charge in [0.1, 0.15) is 18.2 Å². The van der Waals surface area contributed by atoms with Gasteiger partial charge in [0.15, 0.2) is 0 Å². The maximum atomic E-state index is 13.7. The molecule has 6 nitrogen and oxygen atoms in total. The highest BCUT2D eigenvalue weighted by Crippen LogP contribution is 2.27. The standard InChI is InChI=1S/C27H33FN4O2/c1-18(2)16-31(26(34)20-11-9-12-21(28)14-20)17-25(33)29-24-15-23(27(4,5)6)30-32(24)22-13-8-7-10-19(22)3/h7-15,18H,16-17H2,1-6H3,(H,29,33). The molecule has 3 aromatic rings. The Hall–Kier alpha value is -3.48. The Balaban J connectivity index is 1.89. The lowest BCUT2D eigenvalue weighted by Gasteiger charge is -2.24. The average Bonchev–Trinajstić information content (AvgIpc) is 3.16. The second kappa shape index (κ2) is 10.2. The monoisotopic (exact) mass is 464 g/mol. The largest absolute Gasteiger partial charge is 0.329 e. The molecule has 2 aromatic carbocycles. The lowest BCUT2D eigenvalue weighted by atomic mass is 9.92. The lowest BCUT2D eigenvalue weighted by Crippen LogP contribution is -2.40. The zero-order valence-corrected chi connectivity index (χ0v) is 20.7. The maximum absolute atomic E-state index is 13.7. The predicted octanol–water partition coefficient (Wildman–Crippen LogP) is 5.35. The lowest BCUT2D eigenvalue weighted by molar-refractivity contribution is -0.117. The molecule has 0 fully saturated rings. The molecule has 0 bridgehead atoms. The molecule has 0 saturated carbocycles. The van der Waals surface area contributed by atoms with Crippen molar-refractivity contribution in [3.63, 3.8) is 0 Å². The molecule has 0 unspecified atom stereocenters. The van der Waals surface area contributed by atoms with Crippen molar-refractivity contribution in [2.45, 2.75) is 47.0 Å². The number of anilines is 1. The fourth-order valence-corrected chi connectivity index (χ4v) is 3.64. The number of halogens is 1. The number of amides is 2. The molecule has 34 heavy (non-hydrogen) atoms. The van der Waals surface area contributed by atoms with Gasteiger partial charge in [0, 0.05) is 23.6 Å². The van der Waals surface area contributed by atoms with E-state index in [-0.39, 0.29) is 35.3 Å². The molecule has 0 radical (unpaired) electrons. The number of rotatable bonds is 7. The molecular formula is C27H33FN4O2. The Morgan fingerprint density at radius 1 is 1.09 bits per heavy atom. The number of para-hydroxylation sites is 1. The van der Waals surface area contributed by atoms with Crippen LogP contribution in [0.2, 0.25) is 0 Å². The molecule has 0 spiro atoms. The number of nitrogens with zero attached hydrogens (tertiary/aromatic N) is 3. The van der Waals surface area contributed by atoms with Crippen molar-refractivity contribution >= 4 is 17.6 Å². The van der Waals surface area contributed by atoms with Crippen LogP contribution < -0.4 is 5.32 Å². The topological polar surface area (TPSA) is 67.2 Å². The Kier molecular flexibility index (Phi) is 7.54. The number of carbonyl (C=O) groups excluding carboxylic acids is 2. The molecule has 0 aliphatic carbocycles. The summed E-state index contributed by atoms with van der Waals surface area (Å²) >= 11 is 0. The van der Waals surface area contributed by atoms with Crippen molar-refractivity contribution in [2.75, 3.05) is 18.4 Å². The van der Waals surface area contributed by atoms with E-state index in [2.05, 4.69) is 26.1 Å². The molecule has 180 valence electrons. The number of aromatic nitrogens is 2. The van der Waals surface area contributed by atoms with Crippen LogP contribution in [0.1, 0.15) is 56.2 Å². The summed E-state index contributed by atoms with van der Waals surface area (Å²) in [5.74, 6) is -0.550. The van der Waals surface area contributed by atoms with Gasteiger partial charge in [0.25, 0.3) is 5.91 Å². The van der Waals surface area contributed by atoms with Crippen LogP contribution in [-0.2, 0) is 10.2 Å². The van der Waals surface area contributed by atoms with Crippen molar-refractivity contribution in [3.8, 4) is 5.69 Å². The van der Waals surface area contributed by atoms with Gasteiger partial charge in [-0.3, -0.25) is 9.59 Å². The first-order valence-electron chi connectivity index (χ1n) is 11.5. The maximum Gasteiger partial charge on any atom is 0.254 e. The van der Waals surface area contributed by atoms with Crippen molar-refractivity contribution in [1.29, 1.82) is 0 Å². The van der Waals surface area contributed by atoms with E-state index in [9.17, 15) is 14.0 Å².